The lowest BCUT2D eigenvalue weighted by Gasteiger charge is -2.09. The van der Waals surface area contributed by atoms with Crippen LogP contribution >= 0.6 is 0 Å². The van der Waals surface area contributed by atoms with E-state index in [0.29, 0.717) is 40.4 Å². The monoisotopic (exact) mass is 481 g/mol. The second-order valence-electron chi connectivity index (χ2n) is 8.05. The second-order valence-corrected chi connectivity index (χ2v) is 10.6. The number of anilines is 1. The Labute approximate surface area is 197 Å². The highest BCUT2D eigenvalue weighted by Crippen LogP contribution is 2.33. The first kappa shape index (κ1) is 23.5. The maximum atomic E-state index is 14.6. The lowest BCUT2D eigenvalue weighted by molar-refractivity contribution is 0.434. The maximum absolute atomic E-state index is 14.6. The fourth-order valence-corrected chi connectivity index (χ4v) is 4.42. The van der Waals surface area contributed by atoms with E-state index in [1.807, 2.05) is 6.07 Å². The highest BCUT2D eigenvalue weighted by atomic mass is 32.2. The van der Waals surface area contributed by atoms with E-state index in [9.17, 15) is 12.8 Å². The van der Waals surface area contributed by atoms with E-state index >= 15 is 0 Å². The highest BCUT2D eigenvalue weighted by Gasteiger charge is 2.20. The number of aromatic nitrogens is 3. The standard InChI is InChI=1S/C24H24FN5O3S/c1-14(2)34(31,32)17-5-7-21(28-13-17)16-9-19(24(26)29-12-16)23-10-22(30-33-23)18-6-4-15(11-27-3)8-20(18)25/h4-10,12-14,27H,11H2,1-3H3,(H2,26,29). The average Bonchev–Trinajstić information content (AvgIpc) is 3.29. The van der Waals surface area contributed by atoms with Crippen molar-refractivity contribution < 1.29 is 17.3 Å². The summed E-state index contributed by atoms with van der Waals surface area (Å²) in [6, 6.07) is 11.4. The van der Waals surface area contributed by atoms with Crippen LogP contribution in [0.1, 0.15) is 19.4 Å². The molecule has 0 amide bonds. The zero-order valence-corrected chi connectivity index (χ0v) is 19.7. The number of rotatable bonds is 7. The first-order valence-electron chi connectivity index (χ1n) is 10.6. The molecule has 0 unspecified atom stereocenters. The van der Waals surface area contributed by atoms with Crippen molar-refractivity contribution in [1.29, 1.82) is 0 Å². The summed E-state index contributed by atoms with van der Waals surface area (Å²) in [5, 5.41) is 6.43. The van der Waals surface area contributed by atoms with Crippen LogP contribution in [0.15, 0.2) is 64.3 Å². The van der Waals surface area contributed by atoms with Gasteiger partial charge in [-0.3, -0.25) is 4.98 Å². The minimum Gasteiger partial charge on any atom is -0.383 e. The van der Waals surface area contributed by atoms with Gasteiger partial charge >= 0.3 is 0 Å². The van der Waals surface area contributed by atoms with Crippen molar-refractivity contribution in [1.82, 2.24) is 20.4 Å². The molecule has 0 atom stereocenters. The Bertz CT molecular complexity index is 1430. The zero-order valence-electron chi connectivity index (χ0n) is 18.9. The fourth-order valence-electron chi connectivity index (χ4n) is 3.41. The van der Waals surface area contributed by atoms with E-state index in [2.05, 4.69) is 20.4 Å². The van der Waals surface area contributed by atoms with Crippen molar-refractivity contribution in [2.45, 2.75) is 30.5 Å². The number of hydrogen-bond acceptors (Lipinski definition) is 8. The SMILES string of the molecule is CNCc1ccc(-c2cc(-c3cc(-c4ccc(S(=O)(=O)C(C)C)cn4)cnc3N)on2)c(F)c1. The Balaban J connectivity index is 1.66. The van der Waals surface area contributed by atoms with Crippen LogP contribution in [0.4, 0.5) is 10.2 Å². The number of halogens is 1. The Kier molecular flexibility index (Phi) is 6.45. The summed E-state index contributed by atoms with van der Waals surface area (Å²) in [6.07, 6.45) is 2.86. The summed E-state index contributed by atoms with van der Waals surface area (Å²) in [5.74, 6) is 0.114. The van der Waals surface area contributed by atoms with Gasteiger partial charge in [-0.2, -0.15) is 0 Å². The molecule has 8 nitrogen and oxygen atoms in total. The number of pyridine rings is 2. The maximum Gasteiger partial charge on any atom is 0.182 e. The first-order valence-corrected chi connectivity index (χ1v) is 12.1. The number of nitrogens with two attached hydrogens (primary N) is 1. The van der Waals surface area contributed by atoms with Gasteiger partial charge in [0.25, 0.3) is 0 Å². The van der Waals surface area contributed by atoms with Crippen LogP contribution < -0.4 is 11.1 Å². The van der Waals surface area contributed by atoms with Gasteiger partial charge in [0, 0.05) is 36.1 Å². The Morgan fingerprint density at radius 1 is 1.03 bits per heavy atom. The van der Waals surface area contributed by atoms with Crippen LogP contribution in [0, 0.1) is 5.82 Å². The third-order valence-electron chi connectivity index (χ3n) is 5.37. The van der Waals surface area contributed by atoms with Gasteiger partial charge < -0.3 is 15.6 Å². The Hall–Kier alpha value is -3.63. The molecule has 0 aliphatic carbocycles. The molecule has 0 saturated carbocycles. The van der Waals surface area contributed by atoms with Crippen LogP contribution in [-0.2, 0) is 16.4 Å². The van der Waals surface area contributed by atoms with Gasteiger partial charge in [0.2, 0.25) is 0 Å². The Morgan fingerprint density at radius 3 is 2.47 bits per heavy atom. The van der Waals surface area contributed by atoms with Crippen LogP contribution in [-0.4, -0.2) is 35.8 Å². The van der Waals surface area contributed by atoms with Gasteiger partial charge in [-0.1, -0.05) is 11.2 Å². The smallest absolute Gasteiger partial charge is 0.182 e. The quantitative estimate of drug-likeness (QED) is 0.404. The van der Waals surface area contributed by atoms with E-state index in [-0.39, 0.29) is 10.7 Å². The van der Waals surface area contributed by atoms with E-state index < -0.39 is 20.9 Å². The van der Waals surface area contributed by atoms with Gasteiger partial charge in [-0.05, 0) is 56.8 Å². The van der Waals surface area contributed by atoms with E-state index in [4.69, 9.17) is 10.3 Å². The van der Waals surface area contributed by atoms with Gasteiger partial charge in [0.1, 0.15) is 17.3 Å². The predicted molar refractivity (Wildman–Crippen MR) is 128 cm³/mol. The molecule has 0 saturated heterocycles. The molecule has 0 fully saturated rings. The number of sulfone groups is 1. The summed E-state index contributed by atoms with van der Waals surface area (Å²) in [4.78, 5) is 8.65. The van der Waals surface area contributed by atoms with E-state index in [0.717, 1.165) is 5.56 Å². The predicted octanol–water partition coefficient (Wildman–Crippen LogP) is 4.09. The molecule has 0 radical (unpaired) electrons. The molecule has 4 aromatic rings. The normalized spacial score (nSPS) is 11.8. The first-order chi connectivity index (χ1) is 16.2. The summed E-state index contributed by atoms with van der Waals surface area (Å²) in [6.45, 7) is 3.79. The largest absolute Gasteiger partial charge is 0.383 e. The second kappa shape index (κ2) is 9.32. The summed E-state index contributed by atoms with van der Waals surface area (Å²) in [7, 11) is -1.63. The topological polar surface area (TPSA) is 124 Å². The van der Waals surface area contributed by atoms with Crippen molar-refractivity contribution in [2.75, 3.05) is 12.8 Å². The third-order valence-corrected chi connectivity index (χ3v) is 7.51. The molecular weight excluding hydrogens is 457 g/mol. The van der Waals surface area contributed by atoms with Crippen LogP contribution in [0.2, 0.25) is 0 Å². The molecule has 3 heterocycles. The van der Waals surface area contributed by atoms with Crippen molar-refractivity contribution in [3.8, 4) is 33.8 Å². The highest BCUT2D eigenvalue weighted by molar-refractivity contribution is 7.92. The van der Waals surface area contributed by atoms with Gasteiger partial charge in [0.05, 0.1) is 21.4 Å². The number of nitrogens with zero attached hydrogens (tertiary/aromatic N) is 3. The molecular formula is C24H24FN5O3S. The fraction of sp³-hybridized carbons (Fsp3) is 0.208. The molecule has 34 heavy (non-hydrogen) atoms. The van der Waals surface area contributed by atoms with Crippen molar-refractivity contribution in [2.24, 2.45) is 0 Å². The van der Waals surface area contributed by atoms with E-state index in [1.165, 1.54) is 24.5 Å². The van der Waals surface area contributed by atoms with Crippen LogP contribution in [0.3, 0.4) is 0 Å². The van der Waals surface area contributed by atoms with Gasteiger partial charge in [-0.15, -0.1) is 0 Å². The molecule has 4 rings (SSSR count). The molecule has 0 aliphatic heterocycles. The summed E-state index contributed by atoms with van der Waals surface area (Å²) >= 11 is 0. The van der Waals surface area contributed by atoms with Crippen LogP contribution in [0.5, 0.6) is 0 Å². The number of benzene rings is 1. The lowest BCUT2D eigenvalue weighted by Crippen LogP contribution is -2.14. The average molecular weight is 482 g/mol. The van der Waals surface area contributed by atoms with Gasteiger partial charge in [0.15, 0.2) is 15.6 Å². The molecule has 3 aromatic heterocycles. The molecule has 1 aromatic carbocycles. The molecule has 10 heteroatoms. The van der Waals surface area contributed by atoms with Crippen molar-refractivity contribution in [3.05, 3.63) is 66.2 Å². The van der Waals surface area contributed by atoms with Crippen LogP contribution in [0.25, 0.3) is 33.8 Å². The number of hydrogen-bond donors (Lipinski definition) is 2. The number of nitrogens with one attached hydrogen (secondary N) is 1. The minimum atomic E-state index is -3.42. The third kappa shape index (κ3) is 4.55. The molecule has 176 valence electrons. The molecule has 0 aliphatic rings. The molecule has 0 spiro atoms. The Morgan fingerprint density at radius 2 is 1.82 bits per heavy atom. The van der Waals surface area contributed by atoms with E-state index in [1.54, 1.807) is 45.2 Å². The lowest BCUT2D eigenvalue weighted by atomic mass is 10.1. The minimum absolute atomic E-state index is 0.150. The zero-order chi connectivity index (χ0) is 24.5. The summed E-state index contributed by atoms with van der Waals surface area (Å²) in [5.41, 5.74) is 9.10. The molecule has 0 bridgehead atoms. The van der Waals surface area contributed by atoms with Crippen molar-refractivity contribution in [3.63, 3.8) is 0 Å². The van der Waals surface area contributed by atoms with Crippen molar-refractivity contribution >= 4 is 15.7 Å². The summed E-state index contributed by atoms with van der Waals surface area (Å²) < 4.78 is 44.7. The van der Waals surface area contributed by atoms with Gasteiger partial charge in [-0.25, -0.2) is 17.8 Å². The number of nitrogen functional groups attached to an aromatic ring is 1. The molecule has 3 N–H and O–H groups in total.